The molecule has 1 aliphatic heterocycles. The quantitative estimate of drug-likeness (QED) is 0.592. The van der Waals surface area contributed by atoms with Crippen molar-refractivity contribution in [1.29, 1.82) is 5.41 Å². The van der Waals surface area contributed by atoms with Gasteiger partial charge in [-0.3, -0.25) is 10.2 Å². The van der Waals surface area contributed by atoms with Crippen molar-refractivity contribution in [3.05, 3.63) is 47.7 Å². The van der Waals surface area contributed by atoms with Crippen LogP contribution >= 0.6 is 0 Å². The number of pyridine rings is 1. The number of anilines is 1. The number of carbonyl (C=O) groups excluding carboxylic acids is 1. The lowest BCUT2D eigenvalue weighted by molar-refractivity contribution is -0.116. The molecule has 6 nitrogen and oxygen atoms in total. The number of nitrogens with one attached hydrogen (secondary N) is 2. The number of ether oxygens (including phenoxy) is 1. The van der Waals surface area contributed by atoms with Gasteiger partial charge in [-0.2, -0.15) is 0 Å². The molecule has 1 aromatic carbocycles. The van der Waals surface area contributed by atoms with Crippen LogP contribution in [0.25, 0.3) is 0 Å². The number of aromatic nitrogens is 1. The van der Waals surface area contributed by atoms with Gasteiger partial charge in [0.05, 0.1) is 0 Å². The second-order valence-electron chi connectivity index (χ2n) is 4.77. The predicted molar refractivity (Wildman–Crippen MR) is 78.7 cm³/mol. The number of benzene rings is 1. The Morgan fingerprint density at radius 1 is 1.29 bits per heavy atom. The van der Waals surface area contributed by atoms with E-state index >= 15 is 0 Å². The Hall–Kier alpha value is -2.89. The minimum Gasteiger partial charge on any atom is -0.439 e. The van der Waals surface area contributed by atoms with Crippen molar-refractivity contribution in [2.45, 2.75) is 12.8 Å². The highest BCUT2D eigenvalue weighted by molar-refractivity contribution is 5.94. The number of nitrogens with zero attached hydrogens (tertiary/aromatic N) is 1. The van der Waals surface area contributed by atoms with E-state index in [1.54, 1.807) is 18.2 Å². The van der Waals surface area contributed by atoms with Crippen molar-refractivity contribution in [2.75, 3.05) is 5.32 Å². The second-order valence-corrected chi connectivity index (χ2v) is 4.77. The first-order chi connectivity index (χ1) is 10.1. The minimum atomic E-state index is -0.0291. The summed E-state index contributed by atoms with van der Waals surface area (Å²) in [5.41, 5.74) is 7.80. The Balaban J connectivity index is 1.79. The minimum absolute atomic E-state index is 0.0291. The van der Waals surface area contributed by atoms with Crippen LogP contribution in [0.4, 0.5) is 5.69 Å². The number of hydrogen-bond donors (Lipinski definition) is 3. The monoisotopic (exact) mass is 282 g/mol. The molecule has 0 spiro atoms. The molecule has 2 aromatic rings. The Labute approximate surface area is 121 Å². The highest BCUT2D eigenvalue weighted by atomic mass is 16.5. The Morgan fingerprint density at radius 2 is 2.14 bits per heavy atom. The molecular formula is C15H14N4O2. The van der Waals surface area contributed by atoms with Crippen molar-refractivity contribution in [3.63, 3.8) is 0 Å². The molecule has 4 N–H and O–H groups in total. The first kappa shape index (κ1) is 13.1. The number of hydrogen-bond acceptors (Lipinski definition) is 4. The average Bonchev–Trinajstić information content (AvgIpc) is 2.48. The summed E-state index contributed by atoms with van der Waals surface area (Å²) >= 11 is 0. The number of nitrogens with two attached hydrogens (primary N) is 1. The highest BCUT2D eigenvalue weighted by Gasteiger charge is 2.15. The third kappa shape index (κ3) is 2.84. The summed E-state index contributed by atoms with van der Waals surface area (Å²) in [7, 11) is 0. The standard InChI is InChI=1S/C15H14N4O2/c16-15(17)10-2-6-14(18-8-10)21-11-3-4-12-9(7-11)1-5-13(20)19-12/h2-4,6-8H,1,5H2,(H3,16,17)(H,19,20). The highest BCUT2D eigenvalue weighted by Crippen LogP contribution is 2.28. The van der Waals surface area contributed by atoms with Crippen molar-refractivity contribution >= 4 is 17.4 Å². The number of fused-ring (bicyclic) bond motifs is 1. The van der Waals surface area contributed by atoms with Gasteiger partial charge in [-0.25, -0.2) is 4.98 Å². The van der Waals surface area contributed by atoms with Crippen molar-refractivity contribution in [3.8, 4) is 11.6 Å². The van der Waals surface area contributed by atoms with Gasteiger partial charge in [0.1, 0.15) is 11.6 Å². The molecule has 3 rings (SSSR count). The fourth-order valence-corrected chi connectivity index (χ4v) is 2.14. The summed E-state index contributed by atoms with van der Waals surface area (Å²) in [5, 5.41) is 10.1. The van der Waals surface area contributed by atoms with Crippen LogP contribution in [0.5, 0.6) is 11.6 Å². The van der Waals surface area contributed by atoms with Gasteiger partial charge in [0, 0.05) is 29.9 Å². The number of aryl methyl sites for hydroxylation is 1. The zero-order valence-electron chi connectivity index (χ0n) is 11.2. The molecule has 1 amide bonds. The van der Waals surface area contributed by atoms with Gasteiger partial charge >= 0.3 is 0 Å². The zero-order chi connectivity index (χ0) is 14.8. The Morgan fingerprint density at radius 3 is 2.86 bits per heavy atom. The van der Waals surface area contributed by atoms with E-state index < -0.39 is 0 Å². The maximum absolute atomic E-state index is 11.3. The molecular weight excluding hydrogens is 268 g/mol. The Bertz CT molecular complexity index is 710. The van der Waals surface area contributed by atoms with Crippen LogP contribution in [0.2, 0.25) is 0 Å². The third-order valence-corrected chi connectivity index (χ3v) is 3.24. The summed E-state index contributed by atoms with van der Waals surface area (Å²) in [6.07, 6.45) is 2.69. The molecule has 0 unspecified atom stereocenters. The topological polar surface area (TPSA) is 101 Å². The van der Waals surface area contributed by atoms with Crippen LogP contribution in [-0.2, 0) is 11.2 Å². The molecule has 2 heterocycles. The fourth-order valence-electron chi connectivity index (χ4n) is 2.14. The molecule has 106 valence electrons. The van der Waals surface area contributed by atoms with Gasteiger partial charge in [-0.15, -0.1) is 0 Å². The number of amides is 1. The van der Waals surface area contributed by atoms with E-state index in [4.69, 9.17) is 15.9 Å². The lowest BCUT2D eigenvalue weighted by Crippen LogP contribution is -2.18. The van der Waals surface area contributed by atoms with Crippen LogP contribution in [0, 0.1) is 5.41 Å². The SMILES string of the molecule is N=C(N)c1ccc(Oc2ccc3c(c2)CCC(=O)N3)nc1. The lowest BCUT2D eigenvalue weighted by atomic mass is 10.0. The smallest absolute Gasteiger partial charge is 0.224 e. The van der Waals surface area contributed by atoms with E-state index in [0.717, 1.165) is 11.3 Å². The van der Waals surface area contributed by atoms with Crippen LogP contribution in [0.15, 0.2) is 36.5 Å². The van der Waals surface area contributed by atoms with E-state index in [-0.39, 0.29) is 11.7 Å². The van der Waals surface area contributed by atoms with Gasteiger partial charge in [0.2, 0.25) is 11.8 Å². The first-order valence-electron chi connectivity index (χ1n) is 6.53. The molecule has 6 heteroatoms. The third-order valence-electron chi connectivity index (χ3n) is 3.24. The van der Waals surface area contributed by atoms with E-state index in [0.29, 0.717) is 30.0 Å². The summed E-state index contributed by atoms with van der Waals surface area (Å²) in [6, 6.07) is 8.85. The first-order valence-corrected chi connectivity index (χ1v) is 6.53. The van der Waals surface area contributed by atoms with Gasteiger partial charge < -0.3 is 15.8 Å². The molecule has 0 bridgehead atoms. The molecule has 0 saturated carbocycles. The summed E-state index contributed by atoms with van der Waals surface area (Å²) < 4.78 is 5.67. The summed E-state index contributed by atoms with van der Waals surface area (Å²) in [5.74, 6) is 1.10. The molecule has 21 heavy (non-hydrogen) atoms. The molecule has 1 aliphatic rings. The number of rotatable bonds is 3. The molecule has 0 radical (unpaired) electrons. The predicted octanol–water partition coefficient (Wildman–Crippen LogP) is 2.04. The van der Waals surface area contributed by atoms with Gasteiger partial charge in [0.15, 0.2) is 0 Å². The van der Waals surface area contributed by atoms with E-state index in [1.807, 2.05) is 12.1 Å². The fraction of sp³-hybridized carbons (Fsp3) is 0.133. The maximum Gasteiger partial charge on any atom is 0.224 e. The summed E-state index contributed by atoms with van der Waals surface area (Å²) in [4.78, 5) is 15.4. The molecule has 0 saturated heterocycles. The van der Waals surface area contributed by atoms with Crippen molar-refractivity contribution < 1.29 is 9.53 Å². The van der Waals surface area contributed by atoms with Gasteiger partial charge in [-0.1, -0.05) is 0 Å². The maximum atomic E-state index is 11.3. The van der Waals surface area contributed by atoms with Crippen LogP contribution in [0.3, 0.4) is 0 Å². The lowest BCUT2D eigenvalue weighted by Gasteiger charge is -2.17. The summed E-state index contributed by atoms with van der Waals surface area (Å²) in [6.45, 7) is 0. The Kier molecular flexibility index (Phi) is 3.27. The average molecular weight is 282 g/mol. The number of nitrogen functional groups attached to an aromatic ring is 1. The van der Waals surface area contributed by atoms with Crippen molar-refractivity contribution in [2.24, 2.45) is 5.73 Å². The number of amidine groups is 1. The second kappa shape index (κ2) is 5.24. The molecule has 0 fully saturated rings. The largest absolute Gasteiger partial charge is 0.439 e. The zero-order valence-corrected chi connectivity index (χ0v) is 11.2. The van der Waals surface area contributed by atoms with Crippen LogP contribution in [-0.4, -0.2) is 16.7 Å². The molecule has 0 atom stereocenters. The van der Waals surface area contributed by atoms with Gasteiger partial charge in [0.25, 0.3) is 0 Å². The van der Waals surface area contributed by atoms with E-state index in [1.165, 1.54) is 6.20 Å². The molecule has 0 aliphatic carbocycles. The number of carbonyl (C=O) groups is 1. The van der Waals surface area contributed by atoms with Crippen LogP contribution in [0.1, 0.15) is 17.5 Å². The van der Waals surface area contributed by atoms with Crippen molar-refractivity contribution in [1.82, 2.24) is 4.98 Å². The van der Waals surface area contributed by atoms with E-state index in [2.05, 4.69) is 10.3 Å². The molecule has 1 aromatic heterocycles. The van der Waals surface area contributed by atoms with E-state index in [9.17, 15) is 4.79 Å². The normalized spacial score (nSPS) is 13.2. The van der Waals surface area contributed by atoms with Crippen LogP contribution < -0.4 is 15.8 Å². The van der Waals surface area contributed by atoms with Gasteiger partial charge in [-0.05, 0) is 36.2 Å².